The summed E-state index contributed by atoms with van der Waals surface area (Å²) in [5.41, 5.74) is 8.39. The van der Waals surface area contributed by atoms with E-state index in [1.54, 1.807) is 0 Å². The van der Waals surface area contributed by atoms with Crippen LogP contribution in [-0.2, 0) is 6.42 Å². The summed E-state index contributed by atoms with van der Waals surface area (Å²) >= 11 is 0. The molecule has 2 aliphatic rings. The lowest BCUT2D eigenvalue weighted by molar-refractivity contribution is 0.174. The van der Waals surface area contributed by atoms with E-state index in [1.165, 1.54) is 24.0 Å². The van der Waals surface area contributed by atoms with Gasteiger partial charge in [-0.05, 0) is 68.5 Å². The Kier molecular flexibility index (Phi) is 3.62. The molecule has 1 aliphatic carbocycles. The van der Waals surface area contributed by atoms with Crippen molar-refractivity contribution in [3.8, 4) is 11.5 Å². The zero-order valence-corrected chi connectivity index (χ0v) is 11.4. The van der Waals surface area contributed by atoms with Crippen LogP contribution in [0.3, 0.4) is 0 Å². The van der Waals surface area contributed by atoms with E-state index in [0.29, 0.717) is 12.8 Å². The molecule has 1 aromatic carbocycles. The normalized spacial score (nSPS) is 24.3. The molecule has 104 valence electrons. The molecule has 3 rings (SSSR count). The average Bonchev–Trinajstić information content (AvgIpc) is 2.78. The van der Waals surface area contributed by atoms with E-state index in [4.69, 9.17) is 15.2 Å². The van der Waals surface area contributed by atoms with Gasteiger partial charge in [-0.25, -0.2) is 0 Å². The van der Waals surface area contributed by atoms with E-state index in [9.17, 15) is 0 Å². The zero-order valence-electron chi connectivity index (χ0n) is 11.4. The third-order valence-electron chi connectivity index (χ3n) is 4.11. The summed E-state index contributed by atoms with van der Waals surface area (Å²) < 4.78 is 10.8. The van der Waals surface area contributed by atoms with Gasteiger partial charge in [0.05, 0.1) is 0 Å². The monoisotopic (exact) mass is 262 g/mol. The Hall–Kier alpha value is -1.26. The summed E-state index contributed by atoms with van der Waals surface area (Å²) in [6, 6.07) is 4.63. The maximum atomic E-state index is 5.78. The molecule has 4 heteroatoms. The predicted octanol–water partition coefficient (Wildman–Crippen LogP) is 1.59. The molecule has 0 spiro atoms. The first-order valence-electron chi connectivity index (χ1n) is 7.08. The van der Waals surface area contributed by atoms with Gasteiger partial charge in [-0.15, -0.1) is 0 Å². The van der Waals surface area contributed by atoms with E-state index in [0.717, 1.165) is 36.9 Å². The second-order valence-corrected chi connectivity index (χ2v) is 5.68. The van der Waals surface area contributed by atoms with Gasteiger partial charge < -0.3 is 20.5 Å². The van der Waals surface area contributed by atoms with Crippen molar-refractivity contribution in [1.29, 1.82) is 0 Å². The van der Waals surface area contributed by atoms with Gasteiger partial charge in [-0.3, -0.25) is 0 Å². The second kappa shape index (κ2) is 5.39. The fraction of sp³-hybridized carbons (Fsp3) is 0.600. The Morgan fingerprint density at radius 3 is 2.74 bits per heavy atom. The van der Waals surface area contributed by atoms with Crippen LogP contribution in [0.5, 0.6) is 11.5 Å². The number of hydrogen-bond acceptors (Lipinski definition) is 4. The van der Waals surface area contributed by atoms with Crippen molar-refractivity contribution in [3.05, 3.63) is 23.3 Å². The van der Waals surface area contributed by atoms with Crippen molar-refractivity contribution in [1.82, 2.24) is 5.32 Å². The smallest absolute Gasteiger partial charge is 0.231 e. The van der Waals surface area contributed by atoms with Crippen LogP contribution >= 0.6 is 0 Å². The molecule has 0 radical (unpaired) electrons. The lowest BCUT2D eigenvalue weighted by Gasteiger charge is -2.32. The highest BCUT2D eigenvalue weighted by Crippen LogP contribution is 2.34. The molecule has 4 nitrogen and oxygen atoms in total. The van der Waals surface area contributed by atoms with Gasteiger partial charge in [0.2, 0.25) is 6.79 Å². The maximum Gasteiger partial charge on any atom is 0.231 e. The third-order valence-corrected chi connectivity index (χ3v) is 4.11. The summed E-state index contributed by atoms with van der Waals surface area (Å²) in [7, 11) is 0. The van der Waals surface area contributed by atoms with Gasteiger partial charge in [0.25, 0.3) is 0 Å². The van der Waals surface area contributed by atoms with Crippen molar-refractivity contribution in [3.63, 3.8) is 0 Å². The van der Waals surface area contributed by atoms with Crippen LogP contribution in [0, 0.1) is 12.8 Å². The lowest BCUT2D eigenvalue weighted by atomic mass is 9.81. The average molecular weight is 262 g/mol. The van der Waals surface area contributed by atoms with Crippen LogP contribution in [0.2, 0.25) is 0 Å². The summed E-state index contributed by atoms with van der Waals surface area (Å²) in [5, 5.41) is 3.52. The summed E-state index contributed by atoms with van der Waals surface area (Å²) in [6.45, 7) is 4.57. The quantitative estimate of drug-likeness (QED) is 0.791. The molecule has 0 saturated heterocycles. The van der Waals surface area contributed by atoms with Crippen LogP contribution < -0.4 is 20.5 Å². The second-order valence-electron chi connectivity index (χ2n) is 5.68. The summed E-state index contributed by atoms with van der Waals surface area (Å²) in [6.07, 6.45) is 3.38. The topological polar surface area (TPSA) is 56.5 Å². The van der Waals surface area contributed by atoms with Crippen molar-refractivity contribution >= 4 is 0 Å². The predicted molar refractivity (Wildman–Crippen MR) is 74.6 cm³/mol. The minimum atomic E-state index is 0.346. The molecular formula is C15H22N2O2. The highest BCUT2D eigenvalue weighted by Gasteiger charge is 2.24. The molecule has 0 aromatic heterocycles. The highest BCUT2D eigenvalue weighted by molar-refractivity contribution is 5.48. The number of benzene rings is 1. The van der Waals surface area contributed by atoms with Gasteiger partial charge >= 0.3 is 0 Å². The maximum absolute atomic E-state index is 5.78. The van der Waals surface area contributed by atoms with Crippen LogP contribution in [0.25, 0.3) is 0 Å². The molecule has 0 unspecified atom stereocenters. The van der Waals surface area contributed by atoms with E-state index >= 15 is 0 Å². The van der Waals surface area contributed by atoms with Gasteiger partial charge in [0.15, 0.2) is 11.5 Å². The van der Waals surface area contributed by atoms with Gasteiger partial charge in [-0.2, -0.15) is 0 Å². The minimum absolute atomic E-state index is 0.346. The van der Waals surface area contributed by atoms with E-state index in [2.05, 4.69) is 24.4 Å². The molecule has 0 atom stereocenters. The van der Waals surface area contributed by atoms with Crippen LogP contribution in [0.4, 0.5) is 0 Å². The number of ether oxygens (including phenoxy) is 2. The number of aryl methyl sites for hydroxylation is 1. The Morgan fingerprint density at radius 2 is 2.00 bits per heavy atom. The standard InChI is InChI=1S/C15H22N2O2/c1-10-4-14-15(19-9-18-14)7-12(10)2-3-17-8-11-5-13(16)6-11/h4,7,11,13,17H,2-3,5-6,8-9,16H2,1H3. The minimum Gasteiger partial charge on any atom is -0.454 e. The third kappa shape index (κ3) is 2.85. The molecule has 1 heterocycles. The number of rotatable bonds is 5. The van der Waals surface area contributed by atoms with E-state index in [-0.39, 0.29) is 0 Å². The Morgan fingerprint density at radius 1 is 1.26 bits per heavy atom. The number of hydrogen-bond donors (Lipinski definition) is 2. The first-order chi connectivity index (χ1) is 9.22. The Labute approximate surface area is 114 Å². The SMILES string of the molecule is Cc1cc2c(cc1CCNCC1CC(N)C1)OCO2. The van der Waals surface area contributed by atoms with Crippen molar-refractivity contribution in [2.45, 2.75) is 32.2 Å². The number of fused-ring (bicyclic) bond motifs is 1. The molecule has 1 fully saturated rings. The Balaban J connectivity index is 1.47. The lowest BCUT2D eigenvalue weighted by Crippen LogP contribution is -2.41. The van der Waals surface area contributed by atoms with Gasteiger partial charge in [-0.1, -0.05) is 0 Å². The number of nitrogens with one attached hydrogen (secondary N) is 1. The van der Waals surface area contributed by atoms with Gasteiger partial charge in [0.1, 0.15) is 0 Å². The molecule has 1 saturated carbocycles. The molecule has 0 amide bonds. The van der Waals surface area contributed by atoms with Gasteiger partial charge in [0, 0.05) is 6.04 Å². The molecule has 19 heavy (non-hydrogen) atoms. The molecule has 3 N–H and O–H groups in total. The fourth-order valence-electron chi connectivity index (χ4n) is 2.84. The van der Waals surface area contributed by atoms with Crippen molar-refractivity contribution < 1.29 is 9.47 Å². The summed E-state index contributed by atoms with van der Waals surface area (Å²) in [4.78, 5) is 0. The first kappa shape index (κ1) is 12.8. The number of nitrogens with two attached hydrogens (primary N) is 1. The van der Waals surface area contributed by atoms with E-state index < -0.39 is 0 Å². The van der Waals surface area contributed by atoms with Crippen molar-refractivity contribution in [2.75, 3.05) is 19.9 Å². The van der Waals surface area contributed by atoms with E-state index in [1.807, 2.05) is 0 Å². The fourth-order valence-corrected chi connectivity index (χ4v) is 2.84. The molecule has 0 bridgehead atoms. The largest absolute Gasteiger partial charge is 0.454 e. The zero-order chi connectivity index (χ0) is 13.2. The van der Waals surface area contributed by atoms with Crippen LogP contribution in [0.15, 0.2) is 12.1 Å². The molecule has 1 aromatic rings. The highest BCUT2D eigenvalue weighted by atomic mass is 16.7. The summed E-state index contributed by atoms with van der Waals surface area (Å²) in [5.74, 6) is 2.54. The molecular weight excluding hydrogens is 240 g/mol. The Bertz CT molecular complexity index is 456. The molecule has 1 aliphatic heterocycles. The van der Waals surface area contributed by atoms with Crippen LogP contribution in [0.1, 0.15) is 24.0 Å². The van der Waals surface area contributed by atoms with Crippen molar-refractivity contribution in [2.24, 2.45) is 11.7 Å². The van der Waals surface area contributed by atoms with Crippen LogP contribution in [-0.4, -0.2) is 25.9 Å². The first-order valence-corrected chi connectivity index (χ1v) is 7.08.